The highest BCUT2D eigenvalue weighted by molar-refractivity contribution is 5.94. The summed E-state index contributed by atoms with van der Waals surface area (Å²) in [5.41, 5.74) is 8.27. The summed E-state index contributed by atoms with van der Waals surface area (Å²) in [6.45, 7) is 4.88. The van der Waals surface area contributed by atoms with Gasteiger partial charge in [0.25, 0.3) is 5.91 Å². The number of nitrogens with two attached hydrogens (primary N) is 1. The van der Waals surface area contributed by atoms with E-state index in [0.29, 0.717) is 23.4 Å². The average molecular weight is 408 g/mol. The molecule has 2 rings (SSSR count). The Morgan fingerprint density at radius 3 is 2.47 bits per heavy atom. The van der Waals surface area contributed by atoms with E-state index in [1.807, 2.05) is 26.0 Å². The minimum Gasteiger partial charge on any atom is -0.352 e. The van der Waals surface area contributed by atoms with E-state index in [9.17, 15) is 9.59 Å². The average Bonchev–Trinajstić information content (AvgIpc) is 2.72. The van der Waals surface area contributed by atoms with Crippen molar-refractivity contribution in [2.45, 2.75) is 45.2 Å². The highest BCUT2D eigenvalue weighted by Gasteiger charge is 2.10. The van der Waals surface area contributed by atoms with Crippen molar-refractivity contribution in [3.63, 3.8) is 0 Å². The van der Waals surface area contributed by atoms with Crippen molar-refractivity contribution < 1.29 is 9.59 Å². The second-order valence-corrected chi connectivity index (χ2v) is 7.90. The maximum atomic E-state index is 12.3. The molecule has 0 spiro atoms. The number of rotatable bonds is 9. The van der Waals surface area contributed by atoms with Crippen LogP contribution in [0.1, 0.15) is 54.6 Å². The van der Waals surface area contributed by atoms with Gasteiger partial charge in [0, 0.05) is 29.9 Å². The topological polar surface area (TPSA) is 120 Å². The smallest absolute Gasteiger partial charge is 0.319 e. The highest BCUT2D eigenvalue weighted by Crippen LogP contribution is 2.10. The number of amides is 3. The first-order chi connectivity index (χ1) is 14.3. The Bertz CT molecular complexity index is 895. The summed E-state index contributed by atoms with van der Waals surface area (Å²) >= 11 is 0. The predicted molar refractivity (Wildman–Crippen MR) is 118 cm³/mol. The largest absolute Gasteiger partial charge is 0.352 e. The molecule has 0 atom stereocenters. The number of anilines is 1. The van der Waals surface area contributed by atoms with Crippen molar-refractivity contribution in [2.75, 3.05) is 11.9 Å². The molecule has 158 valence electrons. The van der Waals surface area contributed by atoms with Crippen LogP contribution in [0.3, 0.4) is 0 Å². The molecule has 5 N–H and O–H groups in total. The summed E-state index contributed by atoms with van der Waals surface area (Å²) in [6.07, 6.45) is 2.75. The van der Waals surface area contributed by atoms with E-state index >= 15 is 0 Å². The first-order valence-corrected chi connectivity index (χ1v) is 9.98. The Hall–Kier alpha value is -3.37. The SMILES string of the molecule is CC(C)(N)CCCCNC(=O)c1cccc(CNC(=O)Nc2ccc(C#N)cc2)c1. The van der Waals surface area contributed by atoms with E-state index in [0.717, 1.165) is 24.8 Å². The van der Waals surface area contributed by atoms with Crippen molar-refractivity contribution in [3.05, 3.63) is 65.2 Å². The van der Waals surface area contributed by atoms with E-state index in [-0.39, 0.29) is 24.0 Å². The molecule has 0 saturated heterocycles. The zero-order valence-corrected chi connectivity index (χ0v) is 17.5. The lowest BCUT2D eigenvalue weighted by Gasteiger charge is -2.17. The van der Waals surface area contributed by atoms with Gasteiger partial charge in [-0.3, -0.25) is 4.79 Å². The molecule has 7 heteroatoms. The fraction of sp³-hybridized carbons (Fsp3) is 0.348. The third-order valence-electron chi connectivity index (χ3n) is 4.45. The molecule has 0 fully saturated rings. The molecule has 3 amide bonds. The standard InChI is InChI=1S/C23H29N5O2/c1-23(2,25)12-3-4-13-26-21(29)19-7-5-6-18(14-19)16-27-22(30)28-20-10-8-17(15-24)9-11-20/h5-11,14H,3-4,12-13,16,25H2,1-2H3,(H,26,29)(H2,27,28,30). The van der Waals surface area contributed by atoms with Crippen LogP contribution < -0.4 is 21.7 Å². The van der Waals surface area contributed by atoms with Gasteiger partial charge < -0.3 is 21.7 Å². The number of hydrogen-bond donors (Lipinski definition) is 4. The molecule has 0 aliphatic rings. The first kappa shape index (κ1) is 22.9. The summed E-state index contributed by atoms with van der Waals surface area (Å²) in [7, 11) is 0. The number of nitrogens with zero attached hydrogens (tertiary/aromatic N) is 1. The van der Waals surface area contributed by atoms with Crippen LogP contribution in [0, 0.1) is 11.3 Å². The van der Waals surface area contributed by atoms with Crippen LogP contribution in [0.15, 0.2) is 48.5 Å². The van der Waals surface area contributed by atoms with E-state index < -0.39 is 0 Å². The third kappa shape index (κ3) is 8.33. The molecule has 2 aromatic carbocycles. The molecular weight excluding hydrogens is 378 g/mol. The van der Waals surface area contributed by atoms with Crippen LogP contribution in [-0.4, -0.2) is 24.0 Å². The zero-order valence-electron chi connectivity index (χ0n) is 17.5. The van der Waals surface area contributed by atoms with Crippen LogP contribution in [-0.2, 0) is 6.54 Å². The molecule has 0 aliphatic carbocycles. The highest BCUT2D eigenvalue weighted by atomic mass is 16.2. The van der Waals surface area contributed by atoms with Gasteiger partial charge in [0.2, 0.25) is 0 Å². The van der Waals surface area contributed by atoms with E-state index in [1.54, 1.807) is 42.5 Å². The number of carbonyl (C=O) groups excluding carboxylic acids is 2. The Balaban J connectivity index is 1.78. The van der Waals surface area contributed by atoms with Crippen LogP contribution >= 0.6 is 0 Å². The second kappa shape index (κ2) is 11.0. The number of unbranched alkanes of at least 4 members (excludes halogenated alkanes) is 1. The quantitative estimate of drug-likeness (QED) is 0.475. The summed E-state index contributed by atoms with van der Waals surface area (Å²) in [5, 5.41) is 17.2. The van der Waals surface area contributed by atoms with Gasteiger partial charge in [-0.2, -0.15) is 5.26 Å². The van der Waals surface area contributed by atoms with Crippen LogP contribution in [0.5, 0.6) is 0 Å². The molecular formula is C23H29N5O2. The normalized spacial score (nSPS) is 10.7. The van der Waals surface area contributed by atoms with E-state index in [4.69, 9.17) is 11.0 Å². The van der Waals surface area contributed by atoms with E-state index in [2.05, 4.69) is 16.0 Å². The lowest BCUT2D eigenvalue weighted by molar-refractivity contribution is 0.0952. The van der Waals surface area contributed by atoms with Crippen molar-refractivity contribution >= 4 is 17.6 Å². The number of hydrogen-bond acceptors (Lipinski definition) is 4. The maximum absolute atomic E-state index is 12.3. The molecule has 0 radical (unpaired) electrons. The summed E-state index contributed by atoms with van der Waals surface area (Å²) in [5.74, 6) is -0.133. The van der Waals surface area contributed by atoms with Crippen LogP contribution in [0.4, 0.5) is 10.5 Å². The Morgan fingerprint density at radius 2 is 1.80 bits per heavy atom. The number of nitrogens with one attached hydrogen (secondary N) is 3. The lowest BCUT2D eigenvalue weighted by Crippen LogP contribution is -2.32. The first-order valence-electron chi connectivity index (χ1n) is 9.98. The monoisotopic (exact) mass is 407 g/mol. The predicted octanol–water partition coefficient (Wildman–Crippen LogP) is 3.52. The van der Waals surface area contributed by atoms with Gasteiger partial charge in [0.05, 0.1) is 11.6 Å². The van der Waals surface area contributed by atoms with Gasteiger partial charge >= 0.3 is 6.03 Å². The zero-order chi connectivity index (χ0) is 22.0. The Labute approximate surface area is 177 Å². The lowest BCUT2D eigenvalue weighted by atomic mass is 9.99. The summed E-state index contributed by atoms with van der Waals surface area (Å²) < 4.78 is 0. The van der Waals surface area contributed by atoms with Crippen LogP contribution in [0.25, 0.3) is 0 Å². The fourth-order valence-corrected chi connectivity index (χ4v) is 2.82. The molecule has 7 nitrogen and oxygen atoms in total. The molecule has 30 heavy (non-hydrogen) atoms. The van der Waals surface area contributed by atoms with Crippen molar-refractivity contribution in [1.29, 1.82) is 5.26 Å². The van der Waals surface area contributed by atoms with Crippen molar-refractivity contribution in [3.8, 4) is 6.07 Å². The molecule has 0 aliphatic heterocycles. The fourth-order valence-electron chi connectivity index (χ4n) is 2.82. The van der Waals surface area contributed by atoms with Gasteiger partial charge in [-0.15, -0.1) is 0 Å². The molecule has 0 saturated carbocycles. The van der Waals surface area contributed by atoms with E-state index in [1.165, 1.54) is 0 Å². The van der Waals surface area contributed by atoms with Crippen LogP contribution in [0.2, 0.25) is 0 Å². The molecule has 2 aromatic rings. The molecule has 0 bridgehead atoms. The summed E-state index contributed by atoms with van der Waals surface area (Å²) in [6, 6.07) is 15.4. The van der Waals surface area contributed by atoms with Gasteiger partial charge in [-0.05, 0) is 75.1 Å². The molecule has 0 unspecified atom stereocenters. The third-order valence-corrected chi connectivity index (χ3v) is 4.45. The van der Waals surface area contributed by atoms with Gasteiger partial charge in [-0.1, -0.05) is 12.1 Å². The van der Waals surface area contributed by atoms with Gasteiger partial charge in [0.1, 0.15) is 0 Å². The number of urea groups is 1. The van der Waals surface area contributed by atoms with Gasteiger partial charge in [-0.25, -0.2) is 4.79 Å². The minimum atomic E-state index is -0.364. The summed E-state index contributed by atoms with van der Waals surface area (Å²) in [4.78, 5) is 24.4. The maximum Gasteiger partial charge on any atom is 0.319 e. The minimum absolute atomic E-state index is 0.133. The number of benzene rings is 2. The Kier molecular flexibility index (Phi) is 8.39. The number of nitriles is 1. The molecule has 0 aromatic heterocycles. The van der Waals surface area contributed by atoms with Gasteiger partial charge in [0.15, 0.2) is 0 Å². The van der Waals surface area contributed by atoms with Crippen molar-refractivity contribution in [1.82, 2.24) is 10.6 Å². The molecule has 0 heterocycles. The second-order valence-electron chi connectivity index (χ2n) is 7.90. The van der Waals surface area contributed by atoms with Crippen molar-refractivity contribution in [2.24, 2.45) is 5.73 Å². The Morgan fingerprint density at radius 1 is 1.07 bits per heavy atom. The number of carbonyl (C=O) groups is 2.